The van der Waals surface area contributed by atoms with Crippen molar-refractivity contribution in [3.05, 3.63) is 45.4 Å². The van der Waals surface area contributed by atoms with Crippen LogP contribution in [0.3, 0.4) is 0 Å². The molecule has 190 valence electrons. The van der Waals surface area contributed by atoms with Crippen LogP contribution in [-0.4, -0.2) is 58.2 Å². The Balaban J connectivity index is 2.09. The topological polar surface area (TPSA) is 92.8 Å². The Bertz CT molecular complexity index is 1070. The number of rotatable bonds is 8. The number of hydrogen-bond acceptors (Lipinski definition) is 8. The number of amides is 1. The Morgan fingerprint density at radius 3 is 2.17 bits per heavy atom. The molecule has 1 unspecified atom stereocenters. The molecule has 0 aliphatic carbocycles. The molecule has 10 heteroatoms. The van der Waals surface area contributed by atoms with E-state index in [1.165, 1.54) is 7.11 Å². The molecule has 0 radical (unpaired) electrons. The van der Waals surface area contributed by atoms with Gasteiger partial charge in [-0.2, -0.15) is 0 Å². The highest BCUT2D eigenvalue weighted by Gasteiger charge is 2.34. The predicted octanol–water partition coefficient (Wildman–Crippen LogP) is 5.31. The van der Waals surface area contributed by atoms with Crippen LogP contribution in [0.4, 0.5) is 9.59 Å². The summed E-state index contributed by atoms with van der Waals surface area (Å²) in [6.07, 6.45) is -0.211. The summed E-state index contributed by atoms with van der Waals surface area (Å²) in [4.78, 5) is 26.6. The lowest BCUT2D eigenvalue weighted by atomic mass is 9.88. The molecule has 35 heavy (non-hydrogen) atoms. The van der Waals surface area contributed by atoms with Gasteiger partial charge in [0.15, 0.2) is 23.0 Å². The van der Waals surface area contributed by atoms with Crippen molar-refractivity contribution in [2.24, 2.45) is 0 Å². The van der Waals surface area contributed by atoms with E-state index in [0.29, 0.717) is 36.6 Å². The van der Waals surface area contributed by atoms with Gasteiger partial charge in [0.25, 0.3) is 0 Å². The molecule has 1 atom stereocenters. The summed E-state index contributed by atoms with van der Waals surface area (Å²) in [5.74, 6) is 1.79. The average Bonchev–Trinajstić information content (AvgIpc) is 2.84. The summed E-state index contributed by atoms with van der Waals surface area (Å²) in [7, 11) is 4.65. The van der Waals surface area contributed by atoms with E-state index in [9.17, 15) is 9.59 Å². The van der Waals surface area contributed by atoms with Gasteiger partial charge >= 0.3 is 12.2 Å². The lowest BCUT2D eigenvalue weighted by Crippen LogP contribution is -2.41. The Hall–Kier alpha value is -3.14. The Labute approximate surface area is 213 Å². The van der Waals surface area contributed by atoms with Gasteiger partial charge in [-0.3, -0.25) is 0 Å². The van der Waals surface area contributed by atoms with Crippen LogP contribution in [-0.2, 0) is 22.3 Å². The van der Waals surface area contributed by atoms with Crippen LogP contribution < -0.4 is 18.9 Å². The van der Waals surface area contributed by atoms with Crippen molar-refractivity contribution in [2.45, 2.75) is 32.7 Å². The number of carbonyl (C=O) groups is 2. The number of hydrogen-bond donors (Lipinski definition) is 0. The normalized spacial score (nSPS) is 14.6. The summed E-state index contributed by atoms with van der Waals surface area (Å²) in [6, 6.07) is 6.87. The monoisotopic (exact) mass is 551 g/mol. The van der Waals surface area contributed by atoms with Crippen LogP contribution >= 0.6 is 15.9 Å². The predicted molar refractivity (Wildman–Crippen MR) is 132 cm³/mol. The molecule has 0 fully saturated rings. The summed E-state index contributed by atoms with van der Waals surface area (Å²) < 4.78 is 32.8. The minimum Gasteiger partial charge on any atom is -0.493 e. The maximum absolute atomic E-state index is 12.9. The molecular formula is C25H30BrNO8. The molecule has 1 amide bonds. The molecule has 2 aromatic carbocycles. The molecule has 9 nitrogen and oxygen atoms in total. The molecule has 2 aromatic rings. The number of benzene rings is 2. The fourth-order valence-corrected chi connectivity index (χ4v) is 4.58. The second-order valence-corrected chi connectivity index (χ2v) is 8.50. The third-order valence-electron chi connectivity index (χ3n) is 5.71. The molecule has 0 saturated heterocycles. The fourth-order valence-electron chi connectivity index (χ4n) is 4.09. The van der Waals surface area contributed by atoms with Gasteiger partial charge < -0.3 is 33.3 Å². The number of ether oxygens (including phenoxy) is 6. The number of nitrogens with zero attached hydrogens (tertiary/aromatic N) is 1. The highest BCUT2D eigenvalue weighted by Crippen LogP contribution is 2.42. The number of carbonyl (C=O) groups excluding carboxylic acids is 2. The summed E-state index contributed by atoms with van der Waals surface area (Å²) in [6.45, 7) is 4.36. The van der Waals surface area contributed by atoms with E-state index >= 15 is 0 Å². The quantitative estimate of drug-likeness (QED) is 0.322. The van der Waals surface area contributed by atoms with E-state index in [1.54, 1.807) is 39.0 Å². The van der Waals surface area contributed by atoms with Crippen molar-refractivity contribution in [3.8, 4) is 23.0 Å². The lowest BCUT2D eigenvalue weighted by Gasteiger charge is -2.37. The highest BCUT2D eigenvalue weighted by atomic mass is 79.9. The summed E-state index contributed by atoms with van der Waals surface area (Å²) in [5.41, 5.74) is 2.71. The summed E-state index contributed by atoms with van der Waals surface area (Å²) in [5, 5.41) is 0. The smallest absolute Gasteiger partial charge is 0.493 e. The molecule has 0 saturated carbocycles. The van der Waals surface area contributed by atoms with E-state index < -0.39 is 18.3 Å². The SMILES string of the molecule is CCOC(=O)Oc1cc2c(cc1OC)CCN(C(=O)OCC)C2Cc1cc(OC)c(OC)cc1Br. The third-order valence-corrected chi connectivity index (χ3v) is 6.44. The second-order valence-electron chi connectivity index (χ2n) is 7.65. The number of fused-ring (bicyclic) bond motifs is 1. The highest BCUT2D eigenvalue weighted by molar-refractivity contribution is 9.10. The van der Waals surface area contributed by atoms with Crippen molar-refractivity contribution in [2.75, 3.05) is 41.1 Å². The van der Waals surface area contributed by atoms with Crippen LogP contribution in [0.15, 0.2) is 28.7 Å². The van der Waals surface area contributed by atoms with Gasteiger partial charge in [0.2, 0.25) is 0 Å². The average molecular weight is 552 g/mol. The molecule has 0 N–H and O–H groups in total. The van der Waals surface area contributed by atoms with Crippen LogP contribution in [0.5, 0.6) is 23.0 Å². The molecular weight excluding hydrogens is 522 g/mol. The first-order chi connectivity index (χ1) is 16.9. The van der Waals surface area contributed by atoms with E-state index in [1.807, 2.05) is 18.2 Å². The molecule has 1 aliphatic heterocycles. The van der Waals surface area contributed by atoms with E-state index in [0.717, 1.165) is 21.2 Å². The van der Waals surface area contributed by atoms with Crippen LogP contribution in [0.1, 0.15) is 36.6 Å². The van der Waals surface area contributed by atoms with Gasteiger partial charge in [-0.25, -0.2) is 9.59 Å². The Kier molecular flexibility index (Phi) is 9.08. The number of methoxy groups -OCH3 is 3. The third kappa shape index (κ3) is 5.93. The van der Waals surface area contributed by atoms with E-state index in [4.69, 9.17) is 28.4 Å². The van der Waals surface area contributed by atoms with E-state index in [-0.39, 0.29) is 19.0 Å². The maximum atomic E-state index is 12.9. The van der Waals surface area contributed by atoms with Crippen molar-refractivity contribution < 1.29 is 38.0 Å². The fraction of sp³-hybridized carbons (Fsp3) is 0.440. The maximum Gasteiger partial charge on any atom is 0.513 e. The van der Waals surface area contributed by atoms with Gasteiger partial charge in [0.1, 0.15) is 0 Å². The first-order valence-electron chi connectivity index (χ1n) is 11.3. The van der Waals surface area contributed by atoms with Crippen LogP contribution in [0.25, 0.3) is 0 Å². The molecule has 3 rings (SSSR count). The largest absolute Gasteiger partial charge is 0.513 e. The zero-order valence-electron chi connectivity index (χ0n) is 20.5. The van der Waals surface area contributed by atoms with Crippen LogP contribution in [0, 0.1) is 0 Å². The second kappa shape index (κ2) is 12.0. The first kappa shape index (κ1) is 26.5. The number of halogens is 1. The van der Waals surface area contributed by atoms with Crippen molar-refractivity contribution in [1.29, 1.82) is 0 Å². The van der Waals surface area contributed by atoms with Crippen molar-refractivity contribution in [1.82, 2.24) is 4.90 Å². The van der Waals surface area contributed by atoms with Gasteiger partial charge in [-0.05, 0) is 67.6 Å². The van der Waals surface area contributed by atoms with Gasteiger partial charge in [0.05, 0.1) is 40.6 Å². The minimum atomic E-state index is -0.831. The molecule has 0 aromatic heterocycles. The molecule has 0 bridgehead atoms. The van der Waals surface area contributed by atoms with Gasteiger partial charge in [-0.1, -0.05) is 15.9 Å². The Morgan fingerprint density at radius 1 is 0.914 bits per heavy atom. The standard InChI is InChI=1S/C25H30BrNO8/c1-6-33-24(28)27-9-8-15-11-21(31-4)23(35-25(29)34-7-2)13-17(15)19(27)10-16-12-20(30-3)22(32-5)14-18(16)26/h11-14,19H,6-10H2,1-5H3. The lowest BCUT2D eigenvalue weighted by molar-refractivity contribution is 0.0857. The van der Waals surface area contributed by atoms with Crippen molar-refractivity contribution >= 4 is 28.2 Å². The van der Waals surface area contributed by atoms with E-state index in [2.05, 4.69) is 15.9 Å². The van der Waals surface area contributed by atoms with Crippen LogP contribution in [0.2, 0.25) is 0 Å². The van der Waals surface area contributed by atoms with Gasteiger partial charge in [-0.15, -0.1) is 0 Å². The first-order valence-corrected chi connectivity index (χ1v) is 12.0. The van der Waals surface area contributed by atoms with Gasteiger partial charge in [0, 0.05) is 11.0 Å². The minimum absolute atomic E-state index is 0.179. The van der Waals surface area contributed by atoms with Crippen molar-refractivity contribution in [3.63, 3.8) is 0 Å². The molecule has 1 heterocycles. The summed E-state index contributed by atoms with van der Waals surface area (Å²) >= 11 is 3.62. The Morgan fingerprint density at radius 2 is 1.54 bits per heavy atom. The zero-order valence-corrected chi connectivity index (χ0v) is 22.1. The zero-order chi connectivity index (χ0) is 25.5. The molecule has 0 spiro atoms. The molecule has 1 aliphatic rings.